The highest BCUT2D eigenvalue weighted by molar-refractivity contribution is 7.98. The number of nitrogens with zero attached hydrogens (tertiary/aromatic N) is 2. The zero-order valence-electron chi connectivity index (χ0n) is 8.71. The van der Waals surface area contributed by atoms with Crippen LogP contribution in [-0.2, 0) is 13.0 Å². The van der Waals surface area contributed by atoms with Crippen molar-refractivity contribution in [3.05, 3.63) is 12.0 Å². The maximum atomic E-state index is 4.56. The molecular weight excluding hydrogens is 180 g/mol. The van der Waals surface area contributed by atoms with E-state index >= 15 is 0 Å². The van der Waals surface area contributed by atoms with Gasteiger partial charge in [0.2, 0.25) is 0 Å². The molecule has 0 saturated carbocycles. The Morgan fingerprint density at radius 2 is 2.23 bits per heavy atom. The van der Waals surface area contributed by atoms with Gasteiger partial charge in [-0.25, -0.2) is 4.98 Å². The number of hydrogen-bond acceptors (Lipinski definition) is 2. The molecule has 2 nitrogen and oxygen atoms in total. The molecule has 1 rings (SSSR count). The van der Waals surface area contributed by atoms with E-state index < -0.39 is 0 Å². The number of hydrogen-bond donors (Lipinski definition) is 0. The molecule has 0 aliphatic carbocycles. The number of aryl methyl sites for hydroxylation is 2. The Hall–Kier alpha value is -0.440. The maximum Gasteiger partial charge on any atom is 0.114 e. The Kier molecular flexibility index (Phi) is 4.36. The normalized spacial score (nSPS) is 10.7. The minimum atomic E-state index is 1.03. The quantitative estimate of drug-likeness (QED) is 0.677. The lowest BCUT2D eigenvalue weighted by Gasteiger charge is -2.02. The number of aromatic nitrogens is 2. The number of unbranched alkanes of at least 4 members (excludes halogenated alkanes) is 1. The van der Waals surface area contributed by atoms with Crippen LogP contribution in [0.1, 0.15) is 32.5 Å². The lowest BCUT2D eigenvalue weighted by atomic mass is 10.2. The second-order valence-corrected chi connectivity index (χ2v) is 3.92. The Morgan fingerprint density at radius 3 is 2.77 bits per heavy atom. The summed E-state index contributed by atoms with van der Waals surface area (Å²) in [6.45, 7) is 5.42. The van der Waals surface area contributed by atoms with Crippen molar-refractivity contribution in [2.45, 2.75) is 44.7 Å². The van der Waals surface area contributed by atoms with Gasteiger partial charge < -0.3 is 4.57 Å². The number of rotatable bonds is 5. The summed E-state index contributed by atoms with van der Waals surface area (Å²) in [6, 6.07) is 0. The van der Waals surface area contributed by atoms with Crippen LogP contribution in [0.4, 0.5) is 0 Å². The molecular formula is C10H18N2S. The summed E-state index contributed by atoms with van der Waals surface area (Å²) in [5.74, 6) is 1.24. The largest absolute Gasteiger partial charge is 0.334 e. The molecule has 13 heavy (non-hydrogen) atoms. The van der Waals surface area contributed by atoms with Crippen molar-refractivity contribution >= 4 is 11.8 Å². The van der Waals surface area contributed by atoms with E-state index in [0.29, 0.717) is 0 Å². The van der Waals surface area contributed by atoms with Crippen molar-refractivity contribution in [2.24, 2.45) is 0 Å². The molecule has 74 valence electrons. The van der Waals surface area contributed by atoms with Crippen LogP contribution < -0.4 is 0 Å². The molecule has 0 amide bonds. The standard InChI is InChI=1S/C10H18N2S/c1-4-6-7-9-11-10(13-3)8-12(9)5-2/h8H,4-7H2,1-3H3. The Bertz CT molecular complexity index is 255. The summed E-state index contributed by atoms with van der Waals surface area (Å²) < 4.78 is 2.25. The van der Waals surface area contributed by atoms with Crippen LogP contribution in [0.2, 0.25) is 0 Å². The molecule has 0 spiro atoms. The van der Waals surface area contributed by atoms with E-state index in [1.807, 2.05) is 0 Å². The first-order valence-electron chi connectivity index (χ1n) is 4.91. The lowest BCUT2D eigenvalue weighted by molar-refractivity contribution is 0.662. The highest BCUT2D eigenvalue weighted by atomic mass is 32.2. The van der Waals surface area contributed by atoms with Gasteiger partial charge in [0.05, 0.1) is 0 Å². The molecule has 0 radical (unpaired) electrons. The smallest absolute Gasteiger partial charge is 0.114 e. The fourth-order valence-electron chi connectivity index (χ4n) is 1.33. The van der Waals surface area contributed by atoms with Crippen LogP contribution >= 0.6 is 11.8 Å². The topological polar surface area (TPSA) is 17.8 Å². The van der Waals surface area contributed by atoms with Crippen molar-refractivity contribution in [1.82, 2.24) is 9.55 Å². The van der Waals surface area contributed by atoms with Crippen molar-refractivity contribution in [2.75, 3.05) is 6.26 Å². The SMILES string of the molecule is CCCCc1nc(SC)cn1CC. The molecule has 0 bridgehead atoms. The highest BCUT2D eigenvalue weighted by Gasteiger charge is 2.04. The first kappa shape index (κ1) is 10.6. The third kappa shape index (κ3) is 2.76. The van der Waals surface area contributed by atoms with Crippen LogP contribution in [0.3, 0.4) is 0 Å². The van der Waals surface area contributed by atoms with E-state index in [4.69, 9.17) is 0 Å². The minimum Gasteiger partial charge on any atom is -0.334 e. The van der Waals surface area contributed by atoms with Crippen molar-refractivity contribution in [3.63, 3.8) is 0 Å². The molecule has 1 heterocycles. The zero-order chi connectivity index (χ0) is 9.68. The van der Waals surface area contributed by atoms with E-state index in [2.05, 4.69) is 35.9 Å². The molecule has 0 unspecified atom stereocenters. The van der Waals surface area contributed by atoms with Crippen LogP contribution in [0, 0.1) is 0 Å². The van der Waals surface area contributed by atoms with E-state index in [1.54, 1.807) is 11.8 Å². The Balaban J connectivity index is 2.71. The fraction of sp³-hybridized carbons (Fsp3) is 0.700. The summed E-state index contributed by atoms with van der Waals surface area (Å²) in [5.41, 5.74) is 0. The number of thioether (sulfide) groups is 1. The summed E-state index contributed by atoms with van der Waals surface area (Å²) in [5, 5.41) is 1.15. The highest BCUT2D eigenvalue weighted by Crippen LogP contribution is 2.15. The fourth-order valence-corrected chi connectivity index (χ4v) is 1.76. The third-order valence-corrected chi connectivity index (χ3v) is 2.76. The second-order valence-electron chi connectivity index (χ2n) is 3.09. The lowest BCUT2D eigenvalue weighted by Crippen LogP contribution is -2.00. The van der Waals surface area contributed by atoms with Gasteiger partial charge in [0.1, 0.15) is 10.9 Å². The second kappa shape index (κ2) is 5.32. The Labute approximate surface area is 84.7 Å². The van der Waals surface area contributed by atoms with Crippen molar-refractivity contribution in [1.29, 1.82) is 0 Å². The van der Waals surface area contributed by atoms with E-state index in [1.165, 1.54) is 18.7 Å². The van der Waals surface area contributed by atoms with Gasteiger partial charge in [-0.05, 0) is 19.6 Å². The van der Waals surface area contributed by atoms with E-state index in [0.717, 1.165) is 18.0 Å². The van der Waals surface area contributed by atoms with Gasteiger partial charge in [-0.3, -0.25) is 0 Å². The molecule has 3 heteroatoms. The summed E-state index contributed by atoms with van der Waals surface area (Å²) in [4.78, 5) is 4.56. The monoisotopic (exact) mass is 198 g/mol. The summed E-state index contributed by atoms with van der Waals surface area (Å²) in [7, 11) is 0. The average Bonchev–Trinajstić information content (AvgIpc) is 2.57. The van der Waals surface area contributed by atoms with Gasteiger partial charge in [-0.2, -0.15) is 0 Å². The predicted octanol–water partition coefficient (Wildman–Crippen LogP) is 2.97. The van der Waals surface area contributed by atoms with Crippen LogP contribution in [-0.4, -0.2) is 15.8 Å². The van der Waals surface area contributed by atoms with E-state index in [9.17, 15) is 0 Å². The van der Waals surface area contributed by atoms with E-state index in [-0.39, 0.29) is 0 Å². The van der Waals surface area contributed by atoms with Crippen molar-refractivity contribution in [3.8, 4) is 0 Å². The van der Waals surface area contributed by atoms with Gasteiger partial charge in [0.15, 0.2) is 0 Å². The molecule has 0 aliphatic heterocycles. The van der Waals surface area contributed by atoms with Gasteiger partial charge >= 0.3 is 0 Å². The molecule has 0 fully saturated rings. The van der Waals surface area contributed by atoms with Gasteiger partial charge in [0, 0.05) is 19.2 Å². The molecule has 1 aromatic heterocycles. The molecule has 0 aliphatic rings. The van der Waals surface area contributed by atoms with Crippen LogP contribution in [0.15, 0.2) is 11.2 Å². The molecule has 0 N–H and O–H groups in total. The van der Waals surface area contributed by atoms with Gasteiger partial charge in [0.25, 0.3) is 0 Å². The maximum absolute atomic E-state index is 4.56. The van der Waals surface area contributed by atoms with Gasteiger partial charge in [-0.1, -0.05) is 13.3 Å². The molecule has 0 saturated heterocycles. The number of imidazole rings is 1. The summed E-state index contributed by atoms with van der Waals surface area (Å²) >= 11 is 1.72. The van der Waals surface area contributed by atoms with Gasteiger partial charge in [-0.15, -0.1) is 11.8 Å². The first-order valence-corrected chi connectivity index (χ1v) is 6.14. The summed E-state index contributed by atoms with van der Waals surface area (Å²) in [6.07, 6.45) is 7.82. The van der Waals surface area contributed by atoms with Crippen LogP contribution in [0.25, 0.3) is 0 Å². The first-order chi connectivity index (χ1) is 6.31. The third-order valence-electron chi connectivity index (χ3n) is 2.14. The molecule has 1 aromatic rings. The molecule has 0 atom stereocenters. The molecule has 0 aromatic carbocycles. The predicted molar refractivity (Wildman–Crippen MR) is 58.3 cm³/mol. The zero-order valence-corrected chi connectivity index (χ0v) is 9.52. The average molecular weight is 198 g/mol. The Morgan fingerprint density at radius 1 is 1.46 bits per heavy atom. The van der Waals surface area contributed by atoms with Crippen molar-refractivity contribution < 1.29 is 0 Å². The minimum absolute atomic E-state index is 1.03. The van der Waals surface area contributed by atoms with Crippen LogP contribution in [0.5, 0.6) is 0 Å².